The van der Waals surface area contributed by atoms with Crippen LogP contribution in [0.25, 0.3) is 16.8 Å². The molecule has 6 heteroatoms. The minimum atomic E-state index is 0.699. The van der Waals surface area contributed by atoms with Gasteiger partial charge in [0.15, 0.2) is 5.65 Å². The highest BCUT2D eigenvalue weighted by molar-refractivity contribution is 6.30. The van der Waals surface area contributed by atoms with Gasteiger partial charge in [0.1, 0.15) is 17.3 Å². The van der Waals surface area contributed by atoms with Gasteiger partial charge in [0, 0.05) is 22.5 Å². The predicted octanol–water partition coefficient (Wildman–Crippen LogP) is 6.59. The molecule has 3 aromatic carbocycles. The van der Waals surface area contributed by atoms with Crippen molar-refractivity contribution in [2.45, 2.75) is 0 Å². The van der Waals surface area contributed by atoms with Crippen molar-refractivity contribution in [3.63, 3.8) is 0 Å². The van der Waals surface area contributed by atoms with E-state index in [9.17, 15) is 0 Å². The minimum absolute atomic E-state index is 0.699. The molecule has 1 N–H and O–H groups in total. The van der Waals surface area contributed by atoms with Crippen LogP contribution in [0, 0.1) is 0 Å². The highest BCUT2D eigenvalue weighted by atomic mass is 35.5. The summed E-state index contributed by atoms with van der Waals surface area (Å²) in [6, 6.07) is 27.0. The van der Waals surface area contributed by atoms with Gasteiger partial charge in [-0.25, -0.2) is 9.50 Å². The molecule has 0 aliphatic carbocycles. The lowest BCUT2D eigenvalue weighted by molar-refractivity contribution is 0.483. The molecule has 5 rings (SSSR count). The number of anilines is 2. The van der Waals surface area contributed by atoms with Crippen LogP contribution in [-0.2, 0) is 0 Å². The first-order chi connectivity index (χ1) is 14.7. The SMILES string of the molecule is Clc1ccc(-c2cnn3ccc(Nc4ccc(Oc5ccccc5)cc4)nc23)cc1. The summed E-state index contributed by atoms with van der Waals surface area (Å²) in [6.45, 7) is 0. The van der Waals surface area contributed by atoms with Crippen molar-refractivity contribution in [2.75, 3.05) is 5.32 Å². The maximum absolute atomic E-state index is 6.01. The molecule has 0 amide bonds. The number of fused-ring (bicyclic) bond motifs is 1. The van der Waals surface area contributed by atoms with Crippen LogP contribution in [0.15, 0.2) is 97.3 Å². The summed E-state index contributed by atoms with van der Waals surface area (Å²) in [7, 11) is 0. The molecule has 146 valence electrons. The molecule has 0 spiro atoms. The van der Waals surface area contributed by atoms with E-state index < -0.39 is 0 Å². The fraction of sp³-hybridized carbons (Fsp3) is 0. The van der Waals surface area contributed by atoms with Crippen molar-refractivity contribution in [2.24, 2.45) is 0 Å². The fourth-order valence-corrected chi connectivity index (χ4v) is 3.28. The summed E-state index contributed by atoms with van der Waals surface area (Å²) in [5.74, 6) is 2.31. The number of ether oxygens (including phenoxy) is 1. The monoisotopic (exact) mass is 412 g/mol. The summed E-state index contributed by atoms with van der Waals surface area (Å²) in [5, 5.41) is 8.43. The zero-order chi connectivity index (χ0) is 20.3. The number of nitrogens with one attached hydrogen (secondary N) is 1. The van der Waals surface area contributed by atoms with E-state index in [1.54, 1.807) is 4.52 Å². The smallest absolute Gasteiger partial charge is 0.165 e. The highest BCUT2D eigenvalue weighted by Gasteiger charge is 2.09. The first-order valence-corrected chi connectivity index (χ1v) is 9.83. The van der Waals surface area contributed by atoms with Crippen molar-refractivity contribution in [1.82, 2.24) is 14.6 Å². The Labute approximate surface area is 178 Å². The van der Waals surface area contributed by atoms with Crippen molar-refractivity contribution in [3.05, 3.63) is 102 Å². The number of nitrogens with zero attached hydrogens (tertiary/aromatic N) is 3. The summed E-state index contributed by atoms with van der Waals surface area (Å²) in [5.41, 5.74) is 3.65. The third-order valence-electron chi connectivity index (χ3n) is 4.63. The van der Waals surface area contributed by atoms with Crippen molar-refractivity contribution >= 4 is 28.8 Å². The zero-order valence-corrected chi connectivity index (χ0v) is 16.6. The lowest BCUT2D eigenvalue weighted by Crippen LogP contribution is -1.97. The quantitative estimate of drug-likeness (QED) is 0.354. The number of rotatable bonds is 5. The first kappa shape index (κ1) is 18.2. The van der Waals surface area contributed by atoms with Gasteiger partial charge in [-0.2, -0.15) is 5.10 Å². The van der Waals surface area contributed by atoms with Gasteiger partial charge in [-0.15, -0.1) is 0 Å². The first-order valence-electron chi connectivity index (χ1n) is 9.45. The minimum Gasteiger partial charge on any atom is -0.457 e. The standard InChI is InChI=1S/C24H17ClN4O/c25-18-8-6-17(7-9-18)22-16-26-29-15-14-23(28-24(22)29)27-19-10-12-21(13-11-19)30-20-4-2-1-3-5-20/h1-16H,(H,27,28). The normalized spacial score (nSPS) is 10.8. The van der Waals surface area contributed by atoms with E-state index in [0.717, 1.165) is 39.8 Å². The van der Waals surface area contributed by atoms with Gasteiger partial charge in [0.25, 0.3) is 0 Å². The molecule has 0 saturated heterocycles. The van der Waals surface area contributed by atoms with Gasteiger partial charge >= 0.3 is 0 Å². The second-order valence-corrected chi connectivity index (χ2v) is 7.15. The summed E-state index contributed by atoms with van der Waals surface area (Å²) >= 11 is 6.01. The van der Waals surface area contributed by atoms with E-state index in [0.29, 0.717) is 5.02 Å². The van der Waals surface area contributed by atoms with E-state index >= 15 is 0 Å². The Morgan fingerprint density at radius 2 is 1.53 bits per heavy atom. The predicted molar refractivity (Wildman–Crippen MR) is 120 cm³/mol. The van der Waals surface area contributed by atoms with Crippen LogP contribution in [0.4, 0.5) is 11.5 Å². The average Bonchev–Trinajstić information content (AvgIpc) is 3.20. The molecule has 0 unspecified atom stereocenters. The highest BCUT2D eigenvalue weighted by Crippen LogP contribution is 2.27. The second kappa shape index (κ2) is 7.89. The number of aromatic nitrogens is 3. The number of para-hydroxylation sites is 1. The molecule has 0 atom stereocenters. The largest absolute Gasteiger partial charge is 0.457 e. The maximum Gasteiger partial charge on any atom is 0.165 e. The number of hydrogen-bond donors (Lipinski definition) is 1. The van der Waals surface area contributed by atoms with E-state index in [1.807, 2.05) is 97.3 Å². The Morgan fingerprint density at radius 3 is 2.30 bits per heavy atom. The molecule has 0 bridgehead atoms. The van der Waals surface area contributed by atoms with Gasteiger partial charge in [-0.1, -0.05) is 41.9 Å². The third-order valence-corrected chi connectivity index (χ3v) is 4.88. The van der Waals surface area contributed by atoms with Crippen molar-refractivity contribution in [3.8, 4) is 22.6 Å². The van der Waals surface area contributed by atoms with E-state index in [4.69, 9.17) is 21.3 Å². The molecular weight excluding hydrogens is 396 g/mol. The number of halogens is 1. The molecule has 5 aromatic rings. The Bertz CT molecular complexity index is 1280. The van der Waals surface area contributed by atoms with Gasteiger partial charge in [-0.05, 0) is 60.2 Å². The van der Waals surface area contributed by atoms with Crippen LogP contribution in [0.2, 0.25) is 5.02 Å². The lowest BCUT2D eigenvalue weighted by Gasteiger charge is -2.09. The van der Waals surface area contributed by atoms with Crippen LogP contribution in [0.3, 0.4) is 0 Å². The Morgan fingerprint density at radius 1 is 0.800 bits per heavy atom. The summed E-state index contributed by atoms with van der Waals surface area (Å²) in [4.78, 5) is 4.74. The van der Waals surface area contributed by atoms with Crippen LogP contribution < -0.4 is 10.1 Å². The molecule has 0 radical (unpaired) electrons. The van der Waals surface area contributed by atoms with Crippen LogP contribution in [0.1, 0.15) is 0 Å². The number of benzene rings is 3. The van der Waals surface area contributed by atoms with Gasteiger partial charge in [-0.3, -0.25) is 0 Å². The molecule has 0 aliphatic rings. The molecule has 30 heavy (non-hydrogen) atoms. The average molecular weight is 413 g/mol. The Kier molecular flexibility index (Phi) is 4.79. The Balaban J connectivity index is 1.37. The van der Waals surface area contributed by atoms with E-state index in [-0.39, 0.29) is 0 Å². The summed E-state index contributed by atoms with van der Waals surface area (Å²) < 4.78 is 7.60. The fourth-order valence-electron chi connectivity index (χ4n) is 3.15. The summed E-state index contributed by atoms with van der Waals surface area (Å²) in [6.07, 6.45) is 3.70. The molecule has 2 aromatic heterocycles. The maximum atomic E-state index is 6.01. The second-order valence-electron chi connectivity index (χ2n) is 6.71. The molecule has 2 heterocycles. The number of hydrogen-bond acceptors (Lipinski definition) is 4. The Hall–Kier alpha value is -3.83. The van der Waals surface area contributed by atoms with Crippen LogP contribution >= 0.6 is 11.6 Å². The van der Waals surface area contributed by atoms with Gasteiger partial charge < -0.3 is 10.1 Å². The lowest BCUT2D eigenvalue weighted by atomic mass is 10.1. The van der Waals surface area contributed by atoms with Crippen LogP contribution in [-0.4, -0.2) is 14.6 Å². The third kappa shape index (κ3) is 3.83. The molecule has 0 saturated carbocycles. The molecule has 0 aliphatic heterocycles. The van der Waals surface area contributed by atoms with Gasteiger partial charge in [0.05, 0.1) is 6.20 Å². The van der Waals surface area contributed by atoms with Crippen molar-refractivity contribution in [1.29, 1.82) is 0 Å². The molecule has 0 fully saturated rings. The van der Waals surface area contributed by atoms with E-state index in [1.165, 1.54) is 0 Å². The van der Waals surface area contributed by atoms with Crippen LogP contribution in [0.5, 0.6) is 11.5 Å². The zero-order valence-electron chi connectivity index (χ0n) is 15.9. The molecular formula is C24H17ClN4O. The van der Waals surface area contributed by atoms with E-state index in [2.05, 4.69) is 10.4 Å². The van der Waals surface area contributed by atoms with Gasteiger partial charge in [0.2, 0.25) is 0 Å². The van der Waals surface area contributed by atoms with Crippen molar-refractivity contribution < 1.29 is 4.74 Å². The molecule has 5 nitrogen and oxygen atoms in total. The topological polar surface area (TPSA) is 51.5 Å².